The van der Waals surface area contributed by atoms with Gasteiger partial charge in [-0.1, -0.05) is 11.6 Å². The minimum atomic E-state index is -0.964. The van der Waals surface area contributed by atoms with Crippen LogP contribution in [-0.2, 0) is 4.74 Å². The second-order valence-corrected chi connectivity index (χ2v) is 11.6. The maximum Gasteiger partial charge on any atom is 0.410 e. The summed E-state index contributed by atoms with van der Waals surface area (Å²) >= 11 is 6.45. The number of carbonyl (C=O) groups excluding carboxylic acids is 1. The molecule has 3 aliphatic heterocycles. The number of nitrogens with zero attached hydrogens (tertiary/aromatic N) is 5. The molecule has 3 aromatic rings. The van der Waals surface area contributed by atoms with Crippen LogP contribution in [0.15, 0.2) is 36.8 Å². The van der Waals surface area contributed by atoms with E-state index in [-0.39, 0.29) is 24.8 Å². The Morgan fingerprint density at radius 1 is 1.17 bits per heavy atom. The van der Waals surface area contributed by atoms with E-state index < -0.39 is 11.2 Å². The number of aromatic nitrogens is 3. The van der Waals surface area contributed by atoms with E-state index in [0.717, 1.165) is 42.0 Å². The molecule has 3 aliphatic rings. The Bertz CT molecular complexity index is 1270. The largest absolute Gasteiger partial charge is 0.489 e. The van der Waals surface area contributed by atoms with E-state index >= 15 is 0 Å². The molecular formula is C26H32ClN5O4. The molecule has 6 rings (SSSR count). The fourth-order valence-electron chi connectivity index (χ4n) is 4.76. The molecule has 6 heterocycles. The fourth-order valence-corrected chi connectivity index (χ4v) is 4.99. The highest BCUT2D eigenvalue weighted by atomic mass is 35.5. The Labute approximate surface area is 215 Å². The molecule has 2 unspecified atom stereocenters. The topological polar surface area (TPSA) is 92.4 Å². The lowest BCUT2D eigenvalue weighted by atomic mass is 9.88. The first-order chi connectivity index (χ1) is 16.9. The van der Waals surface area contributed by atoms with Gasteiger partial charge in [0, 0.05) is 30.4 Å². The number of aliphatic hydroxyl groups is 1. The molecule has 1 amide bonds. The van der Waals surface area contributed by atoms with Crippen LogP contribution in [0.25, 0.3) is 16.6 Å². The van der Waals surface area contributed by atoms with Gasteiger partial charge in [-0.25, -0.2) is 14.3 Å². The van der Waals surface area contributed by atoms with Crippen LogP contribution in [0.3, 0.4) is 0 Å². The number of hydrogen-bond donors (Lipinski definition) is 1. The summed E-state index contributed by atoms with van der Waals surface area (Å²) in [7, 11) is 0. The summed E-state index contributed by atoms with van der Waals surface area (Å²) in [6.07, 6.45) is 5.91. The first-order valence-corrected chi connectivity index (χ1v) is 12.5. The normalized spacial score (nSPS) is 19.9. The maximum atomic E-state index is 12.6. The molecule has 10 heteroatoms. The van der Waals surface area contributed by atoms with Crippen molar-refractivity contribution in [2.24, 2.45) is 0 Å². The Hall–Kier alpha value is -3.04. The van der Waals surface area contributed by atoms with Crippen molar-refractivity contribution in [3.8, 4) is 16.9 Å². The number of anilines is 1. The first-order valence-electron chi connectivity index (χ1n) is 12.1. The summed E-state index contributed by atoms with van der Waals surface area (Å²) in [5.74, 6) is 1.43. The second-order valence-electron chi connectivity index (χ2n) is 11.2. The maximum absolute atomic E-state index is 12.6. The number of pyridine rings is 2. The summed E-state index contributed by atoms with van der Waals surface area (Å²) in [5, 5.41) is 14.9. The van der Waals surface area contributed by atoms with E-state index in [9.17, 15) is 9.90 Å². The van der Waals surface area contributed by atoms with Gasteiger partial charge in [0.1, 0.15) is 23.8 Å². The van der Waals surface area contributed by atoms with E-state index in [1.165, 1.54) is 0 Å². The van der Waals surface area contributed by atoms with Gasteiger partial charge >= 0.3 is 6.09 Å². The average molecular weight is 514 g/mol. The molecule has 0 aromatic carbocycles. The van der Waals surface area contributed by atoms with Crippen molar-refractivity contribution in [1.29, 1.82) is 0 Å². The average Bonchev–Trinajstić information content (AvgIpc) is 3.16. The number of hydrogen-bond acceptors (Lipinski definition) is 7. The van der Waals surface area contributed by atoms with Crippen molar-refractivity contribution in [3.05, 3.63) is 41.8 Å². The molecule has 0 spiro atoms. The zero-order valence-corrected chi connectivity index (χ0v) is 22.0. The van der Waals surface area contributed by atoms with E-state index in [0.29, 0.717) is 10.8 Å². The molecule has 192 valence electrons. The van der Waals surface area contributed by atoms with Crippen LogP contribution in [0.2, 0.25) is 5.02 Å². The van der Waals surface area contributed by atoms with E-state index in [2.05, 4.69) is 10.00 Å². The molecule has 0 aliphatic carbocycles. The molecule has 2 atom stereocenters. The lowest BCUT2D eigenvalue weighted by Crippen LogP contribution is -2.70. The third-order valence-corrected chi connectivity index (χ3v) is 6.59. The highest BCUT2D eigenvalue weighted by Gasteiger charge is 2.49. The van der Waals surface area contributed by atoms with Crippen LogP contribution in [0.5, 0.6) is 5.75 Å². The predicted octanol–water partition coefficient (Wildman–Crippen LogP) is 4.40. The lowest BCUT2D eigenvalue weighted by molar-refractivity contribution is -0.0380. The fraction of sp³-hybridized carbons (Fsp3) is 0.500. The summed E-state index contributed by atoms with van der Waals surface area (Å²) in [6.45, 7) is 10.6. The Balaban J connectivity index is 1.34. The zero-order valence-electron chi connectivity index (χ0n) is 21.2. The van der Waals surface area contributed by atoms with Gasteiger partial charge in [-0.05, 0) is 59.2 Å². The number of piperidine rings is 1. The van der Waals surface area contributed by atoms with Gasteiger partial charge < -0.3 is 19.5 Å². The van der Waals surface area contributed by atoms with Gasteiger partial charge in [0.2, 0.25) is 0 Å². The third kappa shape index (κ3) is 4.95. The minimum absolute atomic E-state index is 0.134. The van der Waals surface area contributed by atoms with Crippen molar-refractivity contribution in [2.45, 2.75) is 64.3 Å². The standard InChI is InChI=1S/C26H32ClN5O4/c1-25(2,3)36-24(33)32-17-8-18(32)13-30(12-17)22-7-6-16(10-28-22)20-9-19(35-15-26(4,5)34)14-31-23(20)21(27)11-29-31/h6-7,9-11,14,17-18,34H,8,12-13,15H2,1-5H3. The van der Waals surface area contributed by atoms with Gasteiger partial charge in [0.15, 0.2) is 0 Å². The highest BCUT2D eigenvalue weighted by Crippen LogP contribution is 2.37. The van der Waals surface area contributed by atoms with Gasteiger partial charge in [-0.15, -0.1) is 0 Å². The quantitative estimate of drug-likeness (QED) is 0.540. The molecule has 1 N–H and O–H groups in total. The summed E-state index contributed by atoms with van der Waals surface area (Å²) < 4.78 is 13.1. The Kier molecular flexibility index (Phi) is 6.03. The van der Waals surface area contributed by atoms with E-state index in [4.69, 9.17) is 26.1 Å². The van der Waals surface area contributed by atoms with Gasteiger partial charge in [-0.2, -0.15) is 5.10 Å². The van der Waals surface area contributed by atoms with Crippen molar-refractivity contribution >= 4 is 29.0 Å². The van der Waals surface area contributed by atoms with Crippen LogP contribution in [0.1, 0.15) is 41.0 Å². The van der Waals surface area contributed by atoms with Crippen molar-refractivity contribution in [2.75, 3.05) is 24.6 Å². The number of amides is 1. The van der Waals surface area contributed by atoms with Crippen LogP contribution in [-0.4, -0.2) is 73.7 Å². The Morgan fingerprint density at radius 3 is 2.50 bits per heavy atom. The highest BCUT2D eigenvalue weighted by molar-refractivity contribution is 6.34. The number of ether oxygens (including phenoxy) is 2. The van der Waals surface area contributed by atoms with Crippen molar-refractivity contribution < 1.29 is 19.4 Å². The smallest absolute Gasteiger partial charge is 0.410 e. The Morgan fingerprint density at radius 2 is 1.89 bits per heavy atom. The number of halogens is 1. The molecular weight excluding hydrogens is 482 g/mol. The van der Waals surface area contributed by atoms with E-state index in [1.807, 2.05) is 50.1 Å². The molecule has 36 heavy (non-hydrogen) atoms. The minimum Gasteiger partial charge on any atom is -0.489 e. The monoisotopic (exact) mass is 513 g/mol. The molecule has 2 bridgehead atoms. The first kappa shape index (κ1) is 24.6. The van der Waals surface area contributed by atoms with Crippen LogP contribution < -0.4 is 9.64 Å². The van der Waals surface area contributed by atoms with Crippen LogP contribution in [0.4, 0.5) is 10.6 Å². The van der Waals surface area contributed by atoms with Crippen molar-refractivity contribution in [3.63, 3.8) is 0 Å². The number of carbonyl (C=O) groups is 1. The van der Waals surface area contributed by atoms with Crippen molar-refractivity contribution in [1.82, 2.24) is 19.5 Å². The van der Waals surface area contributed by atoms with E-state index in [1.54, 1.807) is 30.8 Å². The third-order valence-electron chi connectivity index (χ3n) is 6.31. The number of rotatable bonds is 5. The number of fused-ring (bicyclic) bond motifs is 3. The van der Waals surface area contributed by atoms with Crippen LogP contribution in [0, 0.1) is 0 Å². The molecule has 3 saturated heterocycles. The summed E-state index contributed by atoms with van der Waals surface area (Å²) in [4.78, 5) is 21.4. The molecule has 9 nitrogen and oxygen atoms in total. The molecule has 0 saturated carbocycles. The molecule has 3 aromatic heterocycles. The van der Waals surface area contributed by atoms with Gasteiger partial charge in [0.25, 0.3) is 0 Å². The van der Waals surface area contributed by atoms with Gasteiger partial charge in [-0.3, -0.25) is 4.90 Å². The SMILES string of the molecule is CC(C)(O)COc1cc(-c2ccc(N3CC4CC(C3)N4C(=O)OC(C)(C)C)nc2)c2c(Cl)cnn2c1. The zero-order chi connectivity index (χ0) is 25.8. The van der Waals surface area contributed by atoms with Crippen LogP contribution >= 0.6 is 11.6 Å². The number of piperazine rings is 1. The second kappa shape index (κ2) is 8.81. The summed E-state index contributed by atoms with van der Waals surface area (Å²) in [5.41, 5.74) is 1.00. The molecule has 3 fully saturated rings. The predicted molar refractivity (Wildman–Crippen MR) is 138 cm³/mol. The van der Waals surface area contributed by atoms with Gasteiger partial charge in [0.05, 0.1) is 40.6 Å². The lowest BCUT2D eigenvalue weighted by Gasteiger charge is -2.56. The molecule has 0 radical (unpaired) electrons. The summed E-state index contributed by atoms with van der Waals surface area (Å²) in [6, 6.07) is 6.15.